The van der Waals surface area contributed by atoms with E-state index in [2.05, 4.69) is 15.6 Å². The molecule has 0 fully saturated rings. The van der Waals surface area contributed by atoms with Crippen LogP contribution < -0.4 is 10.6 Å². The number of aliphatic imine (C=N–C) groups is 2. The number of nitrogens with one attached hydrogen (secondary N) is 2. The van der Waals surface area contributed by atoms with Crippen LogP contribution in [-0.4, -0.2) is 51.5 Å². The van der Waals surface area contributed by atoms with Gasteiger partial charge in [-0.05, 0) is 43.0 Å². The first kappa shape index (κ1) is 28.3. The number of para-hydroxylation sites is 1. The topological polar surface area (TPSA) is 103 Å². The summed E-state index contributed by atoms with van der Waals surface area (Å²) in [5.74, 6) is -0.196. The maximum absolute atomic E-state index is 13.6. The second-order valence-corrected chi connectivity index (χ2v) is 11.2. The van der Waals surface area contributed by atoms with Gasteiger partial charge in [0.2, 0.25) is 11.8 Å². The third-order valence-electron chi connectivity index (χ3n) is 7.00. The molecule has 0 aromatic heterocycles. The summed E-state index contributed by atoms with van der Waals surface area (Å²) in [6.45, 7) is 4.85. The van der Waals surface area contributed by atoms with E-state index >= 15 is 0 Å². The highest BCUT2D eigenvalue weighted by Gasteiger charge is 2.43. The van der Waals surface area contributed by atoms with Crippen LogP contribution in [0, 0.1) is 6.92 Å². The zero-order valence-electron chi connectivity index (χ0n) is 23.2. The Hall–Kier alpha value is -4.24. The number of carbonyl (C=O) groups is 3. The van der Waals surface area contributed by atoms with Gasteiger partial charge in [-0.3, -0.25) is 19.4 Å². The summed E-state index contributed by atoms with van der Waals surface area (Å²) in [6, 6.07) is 24.6. The molecule has 0 aliphatic carbocycles. The van der Waals surface area contributed by atoms with Gasteiger partial charge >= 0.3 is 0 Å². The summed E-state index contributed by atoms with van der Waals surface area (Å²) >= 11 is 1.25. The van der Waals surface area contributed by atoms with Crippen molar-refractivity contribution in [2.75, 3.05) is 6.54 Å². The molecule has 2 atom stereocenters. The van der Waals surface area contributed by atoms with E-state index in [-0.39, 0.29) is 24.1 Å². The van der Waals surface area contributed by atoms with E-state index in [1.807, 2.05) is 92.7 Å². The van der Waals surface area contributed by atoms with E-state index in [9.17, 15) is 14.4 Å². The van der Waals surface area contributed by atoms with Gasteiger partial charge in [-0.15, -0.1) is 0 Å². The largest absolute Gasteiger partial charge is 0.356 e. The molecule has 0 saturated heterocycles. The van der Waals surface area contributed by atoms with Gasteiger partial charge in [0.05, 0.1) is 17.4 Å². The Morgan fingerprint density at radius 2 is 1.68 bits per heavy atom. The van der Waals surface area contributed by atoms with Crippen molar-refractivity contribution in [3.8, 4) is 0 Å². The predicted molar refractivity (Wildman–Crippen MR) is 163 cm³/mol. The number of benzene rings is 3. The highest BCUT2D eigenvalue weighted by Crippen LogP contribution is 2.35. The lowest BCUT2D eigenvalue weighted by molar-refractivity contribution is -0.128. The summed E-state index contributed by atoms with van der Waals surface area (Å²) in [7, 11) is 0. The molecule has 0 spiro atoms. The number of aryl methyl sites for hydroxylation is 1. The van der Waals surface area contributed by atoms with Crippen LogP contribution in [-0.2, 0) is 27.3 Å². The number of thioether (sulfide) groups is 1. The van der Waals surface area contributed by atoms with E-state index in [4.69, 9.17) is 4.99 Å². The van der Waals surface area contributed by atoms with Crippen LogP contribution in [0.5, 0.6) is 0 Å². The second-order valence-electron chi connectivity index (χ2n) is 10.1. The minimum absolute atomic E-state index is 0.0536. The van der Waals surface area contributed by atoms with Gasteiger partial charge in [0.25, 0.3) is 5.91 Å². The third-order valence-corrected chi connectivity index (χ3v) is 8.32. The number of amidine groups is 2. The van der Waals surface area contributed by atoms with Gasteiger partial charge in [0.1, 0.15) is 11.9 Å². The third kappa shape index (κ3) is 6.74. The van der Waals surface area contributed by atoms with Gasteiger partial charge in [-0.2, -0.15) is 0 Å². The number of amides is 3. The lowest BCUT2D eigenvalue weighted by Gasteiger charge is -2.27. The van der Waals surface area contributed by atoms with Crippen LogP contribution in [0.15, 0.2) is 88.8 Å². The number of hydrogen-bond donors (Lipinski definition) is 2. The minimum atomic E-state index is -0.853. The molecule has 2 aliphatic heterocycles. The molecule has 210 valence electrons. The van der Waals surface area contributed by atoms with Crippen molar-refractivity contribution < 1.29 is 14.4 Å². The van der Waals surface area contributed by atoms with E-state index in [0.717, 1.165) is 22.3 Å². The second kappa shape index (κ2) is 13.0. The molecule has 9 heteroatoms. The normalized spacial score (nSPS) is 16.3. The van der Waals surface area contributed by atoms with Gasteiger partial charge < -0.3 is 10.6 Å². The van der Waals surface area contributed by atoms with Crippen molar-refractivity contribution in [2.24, 2.45) is 9.98 Å². The van der Waals surface area contributed by atoms with Gasteiger partial charge in [-0.1, -0.05) is 91.0 Å². The van der Waals surface area contributed by atoms with Crippen LogP contribution in [0.2, 0.25) is 0 Å². The molecule has 41 heavy (non-hydrogen) atoms. The summed E-state index contributed by atoms with van der Waals surface area (Å²) in [5.41, 5.74) is 4.72. The average molecular weight is 568 g/mol. The van der Waals surface area contributed by atoms with Crippen molar-refractivity contribution in [1.29, 1.82) is 0 Å². The molecule has 3 aromatic rings. The standard InChI is InChI=1S/C32H33N5O3S/c1-3-27(30(39)34-20-23-15-13-21(2)14-16-23)41-32-36-25-12-8-7-11-24(25)29-35-26(31(40)37(29)32)19-28(38)33-18-17-22-9-5-4-6-10-22/h4-16,26-27H,3,17-20H2,1-2H3,(H,33,38)(H,34,39)/t26-,27-/m1/s1. The zero-order chi connectivity index (χ0) is 28.8. The number of rotatable bonds is 10. The number of carbonyl (C=O) groups excluding carboxylic acids is 3. The molecule has 2 heterocycles. The predicted octanol–water partition coefficient (Wildman–Crippen LogP) is 4.53. The van der Waals surface area contributed by atoms with Crippen LogP contribution in [0.1, 0.15) is 42.0 Å². The highest BCUT2D eigenvalue weighted by atomic mass is 32.2. The highest BCUT2D eigenvalue weighted by molar-refractivity contribution is 8.15. The summed E-state index contributed by atoms with van der Waals surface area (Å²) in [6.07, 6.45) is 1.20. The fourth-order valence-corrected chi connectivity index (χ4v) is 5.76. The Bertz CT molecular complexity index is 1490. The van der Waals surface area contributed by atoms with E-state index in [0.29, 0.717) is 42.6 Å². The fourth-order valence-electron chi connectivity index (χ4n) is 4.71. The maximum atomic E-state index is 13.6. The van der Waals surface area contributed by atoms with Gasteiger partial charge in [0.15, 0.2) is 5.17 Å². The van der Waals surface area contributed by atoms with E-state index in [1.54, 1.807) is 0 Å². The van der Waals surface area contributed by atoms with Crippen LogP contribution in [0.4, 0.5) is 5.69 Å². The Morgan fingerprint density at radius 3 is 2.44 bits per heavy atom. The molecule has 0 saturated carbocycles. The molecule has 3 aromatic carbocycles. The molecular formula is C32H33N5O3S. The van der Waals surface area contributed by atoms with Gasteiger partial charge in [-0.25, -0.2) is 9.89 Å². The molecule has 0 bridgehead atoms. The number of hydrogen-bond acceptors (Lipinski definition) is 6. The first-order chi connectivity index (χ1) is 19.9. The van der Waals surface area contributed by atoms with E-state index in [1.165, 1.54) is 16.7 Å². The van der Waals surface area contributed by atoms with Crippen LogP contribution >= 0.6 is 11.8 Å². The van der Waals surface area contributed by atoms with Crippen molar-refractivity contribution >= 4 is 46.2 Å². The number of nitrogens with zero attached hydrogens (tertiary/aromatic N) is 3. The molecule has 8 nitrogen and oxygen atoms in total. The SMILES string of the molecule is CC[C@@H](SC1=Nc2ccccc2C2=N[C@H](CC(=O)NCCc3ccccc3)C(=O)N12)C(=O)NCc1ccc(C)cc1. The molecule has 3 amide bonds. The minimum Gasteiger partial charge on any atom is -0.356 e. The number of fused-ring (bicyclic) bond motifs is 3. The first-order valence-electron chi connectivity index (χ1n) is 13.8. The molecule has 2 N–H and O–H groups in total. The van der Waals surface area contributed by atoms with E-state index < -0.39 is 11.3 Å². The Kier molecular flexibility index (Phi) is 8.94. The quantitative estimate of drug-likeness (QED) is 0.376. The summed E-state index contributed by atoms with van der Waals surface area (Å²) < 4.78 is 0. The monoisotopic (exact) mass is 567 g/mol. The molecule has 0 radical (unpaired) electrons. The Morgan fingerprint density at radius 1 is 0.951 bits per heavy atom. The summed E-state index contributed by atoms with van der Waals surface area (Å²) in [4.78, 5) is 50.4. The summed E-state index contributed by atoms with van der Waals surface area (Å²) in [5, 5.41) is 5.86. The lowest BCUT2D eigenvalue weighted by Crippen LogP contribution is -2.43. The smallest absolute Gasteiger partial charge is 0.259 e. The van der Waals surface area contributed by atoms with Crippen LogP contribution in [0.3, 0.4) is 0 Å². The zero-order valence-corrected chi connectivity index (χ0v) is 24.0. The maximum Gasteiger partial charge on any atom is 0.259 e. The molecular weight excluding hydrogens is 534 g/mol. The molecule has 5 rings (SSSR count). The average Bonchev–Trinajstić information content (AvgIpc) is 3.31. The Labute approximate surface area is 244 Å². The van der Waals surface area contributed by atoms with Crippen molar-refractivity contribution in [3.05, 3.63) is 101 Å². The van der Waals surface area contributed by atoms with Gasteiger partial charge in [0, 0.05) is 18.7 Å². The van der Waals surface area contributed by atoms with Crippen molar-refractivity contribution in [3.63, 3.8) is 0 Å². The Balaban J connectivity index is 1.27. The molecule has 0 unspecified atom stereocenters. The van der Waals surface area contributed by atoms with Crippen LogP contribution in [0.25, 0.3) is 0 Å². The molecule has 2 aliphatic rings. The fraction of sp³-hybridized carbons (Fsp3) is 0.281. The van der Waals surface area contributed by atoms with Crippen molar-refractivity contribution in [2.45, 2.75) is 50.9 Å². The first-order valence-corrected chi connectivity index (χ1v) is 14.7. The lowest BCUT2D eigenvalue weighted by atomic mass is 10.1. The van der Waals surface area contributed by atoms with Crippen molar-refractivity contribution in [1.82, 2.24) is 15.5 Å².